The summed E-state index contributed by atoms with van der Waals surface area (Å²) in [4.78, 5) is 11.0. The summed E-state index contributed by atoms with van der Waals surface area (Å²) in [5.74, 6) is -1.04. The predicted octanol–water partition coefficient (Wildman–Crippen LogP) is 4.56. The number of hydrogen-bond donors (Lipinski definition) is 2. The number of carbonyl (C=O) groups is 1. The van der Waals surface area contributed by atoms with Crippen molar-refractivity contribution in [1.29, 1.82) is 0 Å². The van der Waals surface area contributed by atoms with Gasteiger partial charge in [-0.2, -0.15) is 0 Å². The minimum absolute atomic E-state index is 0.349. The molecule has 0 saturated carbocycles. The maximum Gasteiger partial charge on any atom is 0.306 e. The van der Waals surface area contributed by atoms with E-state index >= 15 is 0 Å². The van der Waals surface area contributed by atoms with E-state index in [4.69, 9.17) is 5.11 Å². The van der Waals surface area contributed by atoms with Crippen molar-refractivity contribution < 1.29 is 15.0 Å². The second-order valence-corrected chi connectivity index (χ2v) is 6.78. The van der Waals surface area contributed by atoms with Crippen molar-refractivity contribution in [2.45, 2.75) is 18.9 Å². The Morgan fingerprint density at radius 2 is 1.81 bits per heavy atom. The van der Waals surface area contributed by atoms with Crippen LogP contribution in [0.5, 0.6) is 0 Å². The van der Waals surface area contributed by atoms with Crippen molar-refractivity contribution in [2.75, 3.05) is 0 Å². The topological polar surface area (TPSA) is 57.5 Å². The van der Waals surface area contributed by atoms with Crippen molar-refractivity contribution in [1.82, 2.24) is 0 Å². The van der Waals surface area contributed by atoms with Crippen LogP contribution in [0, 0.1) is 0 Å². The molecule has 0 radical (unpaired) electrons. The molecule has 0 heterocycles. The smallest absolute Gasteiger partial charge is 0.306 e. The number of carboxylic acids is 1. The van der Waals surface area contributed by atoms with Crippen LogP contribution in [0.3, 0.4) is 0 Å². The molecule has 0 saturated heterocycles. The highest BCUT2D eigenvalue weighted by atomic mass is 79.9. The highest BCUT2D eigenvalue weighted by Crippen LogP contribution is 2.38. The van der Waals surface area contributed by atoms with Crippen LogP contribution in [0.25, 0.3) is 11.1 Å². The van der Waals surface area contributed by atoms with Gasteiger partial charge < -0.3 is 10.2 Å². The van der Waals surface area contributed by atoms with Crippen LogP contribution in [-0.2, 0) is 10.4 Å². The molecule has 2 aromatic rings. The van der Waals surface area contributed by atoms with Gasteiger partial charge in [-0.1, -0.05) is 62.2 Å². The van der Waals surface area contributed by atoms with Gasteiger partial charge >= 0.3 is 5.97 Å². The molecule has 0 fully saturated rings. The Balaban J connectivity index is 2.58. The van der Waals surface area contributed by atoms with Crippen molar-refractivity contribution in [2.24, 2.45) is 0 Å². The third-order valence-electron chi connectivity index (χ3n) is 3.22. The van der Waals surface area contributed by atoms with Gasteiger partial charge in [0.1, 0.15) is 0 Å². The molecule has 110 valence electrons. The third kappa shape index (κ3) is 3.73. The summed E-state index contributed by atoms with van der Waals surface area (Å²) in [5.41, 5.74) is 0.868. The summed E-state index contributed by atoms with van der Waals surface area (Å²) in [6, 6.07) is 13.0. The van der Waals surface area contributed by atoms with E-state index in [0.717, 1.165) is 20.1 Å². The number of benzene rings is 2. The van der Waals surface area contributed by atoms with Gasteiger partial charge in [0.25, 0.3) is 0 Å². The first-order chi connectivity index (χ1) is 9.81. The zero-order chi connectivity index (χ0) is 15.6. The maximum absolute atomic E-state index is 11.0. The molecule has 2 N–H and O–H groups in total. The van der Waals surface area contributed by atoms with Crippen molar-refractivity contribution in [3.63, 3.8) is 0 Å². The molecule has 1 atom stereocenters. The summed E-state index contributed by atoms with van der Waals surface area (Å²) in [6.45, 7) is 1.52. The fourth-order valence-electron chi connectivity index (χ4n) is 2.29. The summed E-state index contributed by atoms with van der Waals surface area (Å²) < 4.78 is 1.81. The zero-order valence-corrected chi connectivity index (χ0v) is 14.5. The van der Waals surface area contributed by atoms with Crippen LogP contribution in [0.1, 0.15) is 18.9 Å². The third-order valence-corrected chi connectivity index (χ3v) is 4.37. The normalized spacial score (nSPS) is 13.7. The van der Waals surface area contributed by atoms with E-state index in [9.17, 15) is 9.90 Å². The molecule has 2 aromatic carbocycles. The van der Waals surface area contributed by atoms with E-state index < -0.39 is 11.6 Å². The van der Waals surface area contributed by atoms with Crippen LogP contribution in [0.4, 0.5) is 0 Å². The number of aliphatic hydroxyl groups is 1. The quantitative estimate of drug-likeness (QED) is 0.772. The average molecular weight is 414 g/mol. The Bertz CT molecular complexity index is 681. The van der Waals surface area contributed by atoms with Gasteiger partial charge in [0, 0.05) is 8.95 Å². The number of hydrogen-bond acceptors (Lipinski definition) is 2. The van der Waals surface area contributed by atoms with E-state index in [1.54, 1.807) is 12.1 Å². The molecular weight excluding hydrogens is 400 g/mol. The lowest BCUT2D eigenvalue weighted by atomic mass is 9.86. The lowest BCUT2D eigenvalue weighted by Gasteiger charge is -2.25. The second kappa shape index (κ2) is 6.30. The first-order valence-electron chi connectivity index (χ1n) is 6.30. The molecule has 0 aliphatic rings. The van der Waals surface area contributed by atoms with E-state index in [-0.39, 0.29) is 6.42 Å². The van der Waals surface area contributed by atoms with Gasteiger partial charge in [0.15, 0.2) is 0 Å². The highest BCUT2D eigenvalue weighted by molar-refractivity contribution is 9.11. The number of aliphatic carboxylic acids is 1. The molecule has 0 aromatic heterocycles. The fourth-order valence-corrected chi connectivity index (χ4v) is 3.55. The van der Waals surface area contributed by atoms with Gasteiger partial charge in [0.2, 0.25) is 0 Å². The van der Waals surface area contributed by atoms with Crippen LogP contribution in [0.2, 0.25) is 0 Å². The monoisotopic (exact) mass is 412 g/mol. The Morgan fingerprint density at radius 1 is 1.14 bits per heavy atom. The Morgan fingerprint density at radius 3 is 2.43 bits per heavy atom. The van der Waals surface area contributed by atoms with Gasteiger partial charge in [-0.3, -0.25) is 4.79 Å². The van der Waals surface area contributed by atoms with Crippen molar-refractivity contribution >= 4 is 37.8 Å². The minimum Gasteiger partial charge on any atom is -0.481 e. The molecular formula is C16H14Br2O3. The molecule has 0 aliphatic heterocycles. The lowest BCUT2D eigenvalue weighted by molar-refractivity contribution is -0.142. The molecule has 2 rings (SSSR count). The standard InChI is InChI=1S/C16H14Br2O3/c1-16(21,9-15(19)20)13-5-3-2-4-11(13)12-7-6-10(17)8-14(12)18/h2-8,21H,9H2,1H3,(H,19,20). The Hall–Kier alpha value is -1.17. The SMILES string of the molecule is CC(O)(CC(=O)O)c1ccccc1-c1ccc(Br)cc1Br. The van der Waals surface area contributed by atoms with Crippen LogP contribution in [0.15, 0.2) is 51.4 Å². The number of carboxylic acid groups (broad SMARTS) is 1. The molecule has 0 spiro atoms. The van der Waals surface area contributed by atoms with Crippen molar-refractivity contribution in [3.8, 4) is 11.1 Å². The van der Waals surface area contributed by atoms with E-state index in [0.29, 0.717) is 5.56 Å². The fraction of sp³-hybridized carbons (Fsp3) is 0.188. The molecule has 0 bridgehead atoms. The first kappa shape index (κ1) is 16.2. The molecule has 5 heteroatoms. The van der Waals surface area contributed by atoms with Gasteiger partial charge in [-0.15, -0.1) is 0 Å². The summed E-state index contributed by atoms with van der Waals surface area (Å²) >= 11 is 6.91. The Labute approximate surface area is 139 Å². The van der Waals surface area contributed by atoms with Crippen LogP contribution in [-0.4, -0.2) is 16.2 Å². The largest absolute Gasteiger partial charge is 0.481 e. The predicted molar refractivity (Wildman–Crippen MR) is 89.1 cm³/mol. The maximum atomic E-state index is 11.0. The van der Waals surface area contributed by atoms with E-state index in [2.05, 4.69) is 31.9 Å². The first-order valence-corrected chi connectivity index (χ1v) is 7.89. The highest BCUT2D eigenvalue weighted by Gasteiger charge is 2.29. The minimum atomic E-state index is -1.44. The van der Waals surface area contributed by atoms with Gasteiger partial charge in [-0.25, -0.2) is 0 Å². The molecule has 0 amide bonds. The van der Waals surface area contributed by atoms with Crippen LogP contribution < -0.4 is 0 Å². The molecule has 1 unspecified atom stereocenters. The lowest BCUT2D eigenvalue weighted by Crippen LogP contribution is -2.25. The van der Waals surface area contributed by atoms with Crippen molar-refractivity contribution in [3.05, 3.63) is 57.0 Å². The van der Waals surface area contributed by atoms with Crippen LogP contribution >= 0.6 is 31.9 Å². The molecule has 3 nitrogen and oxygen atoms in total. The van der Waals surface area contributed by atoms with E-state index in [1.165, 1.54) is 6.92 Å². The Kier molecular flexibility index (Phi) is 4.86. The number of halogens is 2. The summed E-state index contributed by atoms with van der Waals surface area (Å²) in [6.07, 6.45) is -0.349. The summed E-state index contributed by atoms with van der Waals surface area (Å²) in [5, 5.41) is 19.5. The molecule has 0 aliphatic carbocycles. The van der Waals surface area contributed by atoms with Gasteiger partial charge in [-0.05, 0) is 35.7 Å². The number of rotatable bonds is 4. The zero-order valence-electron chi connectivity index (χ0n) is 11.3. The van der Waals surface area contributed by atoms with Gasteiger partial charge in [0.05, 0.1) is 12.0 Å². The second-order valence-electron chi connectivity index (χ2n) is 5.01. The molecule has 21 heavy (non-hydrogen) atoms. The average Bonchev–Trinajstić information content (AvgIpc) is 2.37. The summed E-state index contributed by atoms with van der Waals surface area (Å²) in [7, 11) is 0. The van der Waals surface area contributed by atoms with E-state index in [1.807, 2.05) is 30.3 Å².